The van der Waals surface area contributed by atoms with Crippen LogP contribution in [0, 0.1) is 13.8 Å². The number of thioether (sulfide) groups is 1. The van der Waals surface area contributed by atoms with Crippen LogP contribution in [0.15, 0.2) is 39.6 Å². The fraction of sp³-hybridized carbons (Fsp3) is 0.250. The first-order valence-corrected chi connectivity index (χ1v) is 10.2. The summed E-state index contributed by atoms with van der Waals surface area (Å²) in [6, 6.07) is 7.38. The van der Waals surface area contributed by atoms with E-state index < -0.39 is 10.0 Å². The van der Waals surface area contributed by atoms with E-state index in [-0.39, 0.29) is 4.90 Å². The first-order valence-electron chi connectivity index (χ1n) is 7.79. The van der Waals surface area contributed by atoms with Crippen LogP contribution in [0.3, 0.4) is 0 Å². The van der Waals surface area contributed by atoms with E-state index in [2.05, 4.69) is 30.2 Å². The van der Waals surface area contributed by atoms with E-state index in [9.17, 15) is 8.42 Å². The van der Waals surface area contributed by atoms with Crippen LogP contribution in [0.2, 0.25) is 0 Å². The van der Waals surface area contributed by atoms with Crippen LogP contribution >= 0.6 is 11.8 Å². The number of amidine groups is 1. The number of sulfonamides is 1. The van der Waals surface area contributed by atoms with Crippen molar-refractivity contribution >= 4 is 38.3 Å². The Morgan fingerprint density at radius 2 is 2.00 bits per heavy atom. The fourth-order valence-electron chi connectivity index (χ4n) is 3.00. The first-order chi connectivity index (χ1) is 12.0. The molecule has 0 atom stereocenters. The summed E-state index contributed by atoms with van der Waals surface area (Å²) in [5.41, 5.74) is 3.65. The molecule has 0 saturated heterocycles. The molecule has 0 aliphatic carbocycles. The number of nitrogens with one attached hydrogen (secondary N) is 2. The molecule has 130 valence electrons. The second-order valence-corrected chi connectivity index (χ2v) is 8.34. The van der Waals surface area contributed by atoms with Crippen molar-refractivity contribution in [3.8, 4) is 0 Å². The van der Waals surface area contributed by atoms with Crippen molar-refractivity contribution in [2.24, 2.45) is 4.99 Å². The van der Waals surface area contributed by atoms with Gasteiger partial charge < -0.3 is 4.90 Å². The van der Waals surface area contributed by atoms with Crippen LogP contribution in [0.1, 0.15) is 17.0 Å². The van der Waals surface area contributed by atoms with Crippen LogP contribution < -0.4 is 4.72 Å². The average molecular weight is 375 g/mol. The number of aromatic amines is 1. The van der Waals surface area contributed by atoms with Gasteiger partial charge in [0.1, 0.15) is 4.90 Å². The minimum absolute atomic E-state index is 0.199. The predicted octanol–water partition coefficient (Wildman–Crippen LogP) is 2.54. The lowest BCUT2D eigenvalue weighted by molar-refractivity contribution is 0.600. The molecule has 0 radical (unpaired) electrons. The molecule has 0 saturated carbocycles. The minimum Gasteiger partial charge on any atom is -0.318 e. The molecule has 2 aliphatic heterocycles. The van der Waals surface area contributed by atoms with Gasteiger partial charge in [-0.05, 0) is 31.5 Å². The molecule has 2 aliphatic rings. The lowest BCUT2D eigenvalue weighted by Gasteiger charge is -2.17. The van der Waals surface area contributed by atoms with Gasteiger partial charge in [-0.3, -0.25) is 14.8 Å². The molecule has 0 unspecified atom stereocenters. The Morgan fingerprint density at radius 3 is 2.68 bits per heavy atom. The molecule has 1 aromatic carbocycles. The summed E-state index contributed by atoms with van der Waals surface area (Å²) in [5, 5.41) is 9.76. The van der Waals surface area contributed by atoms with Gasteiger partial charge in [-0.1, -0.05) is 23.9 Å². The van der Waals surface area contributed by atoms with Crippen molar-refractivity contribution in [3.05, 3.63) is 46.6 Å². The lowest BCUT2D eigenvalue weighted by atomic mass is 10.1. The predicted molar refractivity (Wildman–Crippen MR) is 99.9 cm³/mol. The molecule has 25 heavy (non-hydrogen) atoms. The Labute approximate surface area is 150 Å². The molecular weight excluding hydrogens is 358 g/mol. The number of benzene rings is 1. The van der Waals surface area contributed by atoms with Crippen LogP contribution in [0.5, 0.6) is 0 Å². The molecular formula is C16H17N5O2S2. The van der Waals surface area contributed by atoms with Crippen molar-refractivity contribution < 1.29 is 8.42 Å². The normalized spacial score (nSPS) is 16.6. The molecule has 4 rings (SSSR count). The van der Waals surface area contributed by atoms with Crippen LogP contribution in [0.25, 0.3) is 5.70 Å². The third-order valence-corrected chi connectivity index (χ3v) is 6.68. The number of H-pyrrole nitrogens is 1. The van der Waals surface area contributed by atoms with E-state index >= 15 is 0 Å². The summed E-state index contributed by atoms with van der Waals surface area (Å²) in [7, 11) is -3.67. The number of aryl methyl sites for hydroxylation is 2. The maximum atomic E-state index is 12.6. The maximum absolute atomic E-state index is 12.6. The Balaban J connectivity index is 1.56. The van der Waals surface area contributed by atoms with Crippen LogP contribution in [0.4, 0.5) is 5.69 Å². The number of rotatable bonds is 4. The molecule has 0 bridgehead atoms. The number of anilines is 1. The summed E-state index contributed by atoms with van der Waals surface area (Å²) in [5.74, 6) is 0. The van der Waals surface area contributed by atoms with E-state index in [1.165, 1.54) is 0 Å². The highest BCUT2D eigenvalue weighted by molar-refractivity contribution is 8.16. The third-order valence-electron chi connectivity index (χ3n) is 4.13. The largest absolute Gasteiger partial charge is 0.318 e. The van der Waals surface area contributed by atoms with E-state index in [0.29, 0.717) is 17.1 Å². The Morgan fingerprint density at radius 1 is 1.24 bits per heavy atom. The number of fused-ring (bicyclic) bond motifs is 1. The quantitative estimate of drug-likeness (QED) is 0.857. The second kappa shape index (κ2) is 5.92. The minimum atomic E-state index is -3.67. The zero-order valence-corrected chi connectivity index (χ0v) is 15.4. The molecule has 0 spiro atoms. The highest BCUT2D eigenvalue weighted by atomic mass is 32.2. The first kappa shape index (κ1) is 16.2. The summed E-state index contributed by atoms with van der Waals surface area (Å²) in [6.45, 7) is 5.07. The Hall–Kier alpha value is -2.26. The highest BCUT2D eigenvalue weighted by Gasteiger charge is 2.27. The van der Waals surface area contributed by atoms with Crippen molar-refractivity contribution in [2.75, 3.05) is 17.8 Å². The SMILES string of the molecule is Cc1n[nH]c(C)c1S(=O)(=O)Nc1ccc(C2=CSC3=NCCN23)cc1. The maximum Gasteiger partial charge on any atom is 0.265 e. The summed E-state index contributed by atoms with van der Waals surface area (Å²) in [6.07, 6.45) is 0. The average Bonchev–Trinajstić information content (AvgIpc) is 3.24. The van der Waals surface area contributed by atoms with Gasteiger partial charge in [0.15, 0.2) is 5.17 Å². The Kier molecular flexibility index (Phi) is 3.84. The van der Waals surface area contributed by atoms with Gasteiger partial charge >= 0.3 is 0 Å². The number of hydrogen-bond donors (Lipinski definition) is 2. The topological polar surface area (TPSA) is 90.4 Å². The molecule has 2 aromatic rings. The number of aliphatic imine (C=N–C) groups is 1. The fourth-order valence-corrected chi connectivity index (χ4v) is 5.39. The smallest absolute Gasteiger partial charge is 0.265 e. The molecule has 3 heterocycles. The van der Waals surface area contributed by atoms with E-state index in [4.69, 9.17) is 0 Å². The van der Waals surface area contributed by atoms with Crippen molar-refractivity contribution in [1.82, 2.24) is 15.1 Å². The van der Waals surface area contributed by atoms with Crippen molar-refractivity contribution in [2.45, 2.75) is 18.7 Å². The van der Waals surface area contributed by atoms with Crippen LogP contribution in [-0.2, 0) is 10.0 Å². The van der Waals surface area contributed by atoms with Gasteiger partial charge in [0.25, 0.3) is 10.0 Å². The van der Waals surface area contributed by atoms with Crippen molar-refractivity contribution in [1.29, 1.82) is 0 Å². The highest BCUT2D eigenvalue weighted by Crippen LogP contribution is 2.35. The second-order valence-electron chi connectivity index (χ2n) is 5.88. The van der Waals surface area contributed by atoms with Crippen LogP contribution in [-0.4, -0.2) is 41.8 Å². The van der Waals surface area contributed by atoms with Crippen molar-refractivity contribution in [3.63, 3.8) is 0 Å². The van der Waals surface area contributed by atoms with Gasteiger partial charge in [-0.2, -0.15) is 5.10 Å². The van der Waals surface area contributed by atoms with E-state index in [1.54, 1.807) is 37.7 Å². The van der Waals surface area contributed by atoms with Gasteiger partial charge in [0.2, 0.25) is 0 Å². The lowest BCUT2D eigenvalue weighted by Crippen LogP contribution is -2.19. The zero-order chi connectivity index (χ0) is 17.6. The van der Waals surface area contributed by atoms with Gasteiger partial charge in [0, 0.05) is 17.6 Å². The Bertz CT molecular complexity index is 971. The van der Waals surface area contributed by atoms with Gasteiger partial charge in [-0.25, -0.2) is 8.42 Å². The summed E-state index contributed by atoms with van der Waals surface area (Å²) >= 11 is 1.62. The molecule has 9 heteroatoms. The van der Waals surface area contributed by atoms with Gasteiger partial charge in [-0.15, -0.1) is 0 Å². The van der Waals surface area contributed by atoms with Gasteiger partial charge in [0.05, 0.1) is 23.6 Å². The molecule has 0 fully saturated rings. The molecule has 1 aromatic heterocycles. The number of nitrogens with zero attached hydrogens (tertiary/aromatic N) is 3. The summed E-state index contributed by atoms with van der Waals surface area (Å²) in [4.78, 5) is 6.82. The zero-order valence-electron chi connectivity index (χ0n) is 13.8. The molecule has 7 nitrogen and oxygen atoms in total. The third kappa shape index (κ3) is 2.83. The van der Waals surface area contributed by atoms with E-state index in [1.807, 2.05) is 12.1 Å². The number of aromatic nitrogens is 2. The standard InChI is InChI=1S/C16H17N5O2S2/c1-10-15(11(2)19-18-10)25(22,23)20-13-5-3-12(4-6-13)14-9-24-16-17-7-8-21(14)16/h3-6,9,20H,7-8H2,1-2H3,(H,18,19). The van der Waals surface area contributed by atoms with E-state index in [0.717, 1.165) is 29.5 Å². The number of hydrogen-bond acceptors (Lipinski definition) is 6. The summed E-state index contributed by atoms with van der Waals surface area (Å²) < 4.78 is 27.8. The molecule has 0 amide bonds. The molecule has 2 N–H and O–H groups in total. The monoisotopic (exact) mass is 375 g/mol.